The van der Waals surface area contributed by atoms with Gasteiger partial charge in [-0.15, -0.1) is 0 Å². The highest BCUT2D eigenvalue weighted by Gasteiger charge is 2.26. The summed E-state index contributed by atoms with van der Waals surface area (Å²) in [5.41, 5.74) is 3.38. The molecule has 0 bridgehead atoms. The Kier molecular flexibility index (Phi) is 6.22. The number of urea groups is 1. The Morgan fingerprint density at radius 1 is 1.09 bits per heavy atom. The van der Waals surface area contributed by atoms with E-state index in [1.165, 1.54) is 0 Å². The molecule has 9 heteroatoms. The summed E-state index contributed by atoms with van der Waals surface area (Å²) in [5, 5.41) is 5.42. The fraction of sp³-hybridized carbons (Fsp3) is 0.308. The number of para-hydroxylation sites is 1. The summed E-state index contributed by atoms with van der Waals surface area (Å²) in [6.07, 6.45) is 2.53. The molecule has 2 aliphatic rings. The van der Waals surface area contributed by atoms with E-state index in [1.54, 1.807) is 18.2 Å². The van der Waals surface area contributed by atoms with Crippen LogP contribution in [-0.2, 0) is 22.4 Å². The number of ether oxygens (including phenoxy) is 3. The molecule has 1 atom stereocenters. The summed E-state index contributed by atoms with van der Waals surface area (Å²) in [7, 11) is 0. The van der Waals surface area contributed by atoms with Crippen LogP contribution in [0.4, 0.5) is 10.5 Å². The third-order valence-corrected chi connectivity index (χ3v) is 6.10. The van der Waals surface area contributed by atoms with Gasteiger partial charge in [0.15, 0.2) is 18.1 Å². The van der Waals surface area contributed by atoms with Gasteiger partial charge in [-0.2, -0.15) is 0 Å². The van der Waals surface area contributed by atoms with Crippen molar-refractivity contribution in [2.75, 3.05) is 25.1 Å². The maximum atomic E-state index is 13.1. The molecule has 2 aromatic carbocycles. The van der Waals surface area contributed by atoms with Gasteiger partial charge in [-0.25, -0.2) is 9.59 Å². The largest absolute Gasteiger partial charge is 0.486 e. The Balaban J connectivity index is 1.24. The molecule has 5 rings (SSSR count). The fourth-order valence-electron chi connectivity index (χ4n) is 4.45. The van der Waals surface area contributed by atoms with E-state index in [1.807, 2.05) is 24.3 Å². The molecule has 9 nitrogen and oxygen atoms in total. The van der Waals surface area contributed by atoms with Gasteiger partial charge < -0.3 is 19.5 Å². The first-order valence-electron chi connectivity index (χ1n) is 11.6. The van der Waals surface area contributed by atoms with E-state index in [0.29, 0.717) is 47.3 Å². The highest BCUT2D eigenvalue weighted by atomic mass is 16.6. The summed E-state index contributed by atoms with van der Waals surface area (Å²) in [6, 6.07) is 11.6. The number of pyridine rings is 1. The highest BCUT2D eigenvalue weighted by molar-refractivity contribution is 6.06. The number of rotatable bonds is 4. The average molecular weight is 476 g/mol. The number of carbonyl (C=O) groups is 3. The molecule has 0 spiro atoms. The first kappa shape index (κ1) is 22.6. The van der Waals surface area contributed by atoms with E-state index >= 15 is 0 Å². The van der Waals surface area contributed by atoms with E-state index in [0.717, 1.165) is 36.0 Å². The number of anilines is 1. The number of hydrogen-bond acceptors (Lipinski definition) is 7. The van der Waals surface area contributed by atoms with Crippen molar-refractivity contribution in [2.24, 2.45) is 5.92 Å². The molecule has 0 unspecified atom stereocenters. The summed E-state index contributed by atoms with van der Waals surface area (Å²) in [5.74, 6) is 0.178. The Morgan fingerprint density at radius 2 is 1.89 bits per heavy atom. The van der Waals surface area contributed by atoms with Crippen molar-refractivity contribution >= 4 is 34.5 Å². The lowest BCUT2D eigenvalue weighted by atomic mass is 9.84. The lowest BCUT2D eigenvalue weighted by molar-refractivity contribution is -0.123. The van der Waals surface area contributed by atoms with Crippen LogP contribution < -0.4 is 20.1 Å². The Morgan fingerprint density at radius 3 is 2.74 bits per heavy atom. The van der Waals surface area contributed by atoms with Crippen LogP contribution >= 0.6 is 0 Å². The molecule has 1 aromatic heterocycles. The third-order valence-electron chi connectivity index (χ3n) is 6.10. The van der Waals surface area contributed by atoms with Crippen molar-refractivity contribution in [3.8, 4) is 11.5 Å². The topological polar surface area (TPSA) is 116 Å². The number of nitrogens with one attached hydrogen (secondary N) is 2. The van der Waals surface area contributed by atoms with Crippen molar-refractivity contribution in [2.45, 2.75) is 26.2 Å². The number of carbonyl (C=O) groups excluding carboxylic acids is 3. The summed E-state index contributed by atoms with van der Waals surface area (Å²) >= 11 is 0. The van der Waals surface area contributed by atoms with Gasteiger partial charge in [0.05, 0.1) is 11.1 Å². The minimum Gasteiger partial charge on any atom is -0.486 e. The normalized spacial score (nSPS) is 16.2. The van der Waals surface area contributed by atoms with E-state index in [9.17, 15) is 14.4 Å². The zero-order chi connectivity index (χ0) is 24.4. The predicted octanol–water partition coefficient (Wildman–Crippen LogP) is 3.64. The minimum atomic E-state index is -0.747. The van der Waals surface area contributed by atoms with Gasteiger partial charge in [-0.05, 0) is 48.9 Å². The summed E-state index contributed by atoms with van der Waals surface area (Å²) < 4.78 is 16.3. The zero-order valence-corrected chi connectivity index (χ0v) is 19.3. The summed E-state index contributed by atoms with van der Waals surface area (Å²) in [4.78, 5) is 42.4. The summed E-state index contributed by atoms with van der Waals surface area (Å²) in [6.45, 7) is 2.43. The number of imide groups is 1. The van der Waals surface area contributed by atoms with Crippen LogP contribution in [0, 0.1) is 5.92 Å². The number of benzene rings is 2. The van der Waals surface area contributed by atoms with Crippen molar-refractivity contribution in [1.29, 1.82) is 0 Å². The molecule has 0 fully saturated rings. The van der Waals surface area contributed by atoms with Gasteiger partial charge >= 0.3 is 12.0 Å². The van der Waals surface area contributed by atoms with Crippen molar-refractivity contribution in [3.63, 3.8) is 0 Å². The number of esters is 1. The second kappa shape index (κ2) is 9.61. The van der Waals surface area contributed by atoms with Crippen LogP contribution in [0.25, 0.3) is 10.9 Å². The number of aryl methyl sites for hydroxylation is 1. The minimum absolute atomic E-state index is 0.418. The molecule has 35 heavy (non-hydrogen) atoms. The molecule has 3 amide bonds. The Hall–Kier alpha value is -4.14. The van der Waals surface area contributed by atoms with Crippen LogP contribution in [-0.4, -0.2) is 42.7 Å². The van der Waals surface area contributed by atoms with Crippen molar-refractivity contribution in [3.05, 3.63) is 59.3 Å². The maximum absolute atomic E-state index is 13.1. The second-order valence-electron chi connectivity index (χ2n) is 8.71. The number of amides is 3. The monoisotopic (exact) mass is 475 g/mol. The number of hydrogen-bond donors (Lipinski definition) is 2. The third kappa shape index (κ3) is 4.89. The number of fused-ring (bicyclic) bond motifs is 3. The van der Waals surface area contributed by atoms with Crippen molar-refractivity contribution in [1.82, 2.24) is 10.3 Å². The Labute approximate surface area is 201 Å². The van der Waals surface area contributed by atoms with E-state index in [2.05, 4.69) is 17.6 Å². The molecule has 1 aliphatic heterocycles. The van der Waals surface area contributed by atoms with Gasteiger partial charge in [-0.1, -0.05) is 25.1 Å². The standard InChI is InChI=1S/C26H25N3O6/c1-15-6-8-20-18(12-15)24(17-4-2-3-5-19(17)28-20)25(31)35-14-23(30)29-26(32)27-16-7-9-21-22(13-16)34-11-10-33-21/h2-5,7,9,13,15H,6,8,10-12,14H2,1H3,(H2,27,29,30,32)/t15-/m1/s1. The molecule has 0 saturated carbocycles. The molecular formula is C26H25N3O6. The van der Waals surface area contributed by atoms with Gasteiger partial charge in [0, 0.05) is 22.8 Å². The van der Waals surface area contributed by atoms with Crippen LogP contribution in [0.5, 0.6) is 11.5 Å². The van der Waals surface area contributed by atoms with Crippen molar-refractivity contribution < 1.29 is 28.6 Å². The average Bonchev–Trinajstić information content (AvgIpc) is 2.85. The quantitative estimate of drug-likeness (QED) is 0.554. The first-order valence-corrected chi connectivity index (χ1v) is 11.6. The SMILES string of the molecule is C[C@@H]1CCc2nc3ccccc3c(C(=O)OCC(=O)NC(=O)Nc3ccc4c(c3)OCCO4)c2C1. The number of nitrogens with zero attached hydrogens (tertiary/aromatic N) is 1. The zero-order valence-electron chi connectivity index (χ0n) is 19.3. The van der Waals surface area contributed by atoms with E-state index in [4.69, 9.17) is 19.2 Å². The Bertz CT molecular complexity index is 1320. The molecule has 0 saturated heterocycles. The molecule has 2 heterocycles. The van der Waals surface area contributed by atoms with Crippen LogP contribution in [0.3, 0.4) is 0 Å². The molecule has 1 aliphatic carbocycles. The number of aromatic nitrogens is 1. The van der Waals surface area contributed by atoms with Crippen LogP contribution in [0.1, 0.15) is 35.0 Å². The van der Waals surface area contributed by atoms with Crippen LogP contribution in [0.2, 0.25) is 0 Å². The highest BCUT2D eigenvalue weighted by Crippen LogP contribution is 2.33. The smallest absolute Gasteiger partial charge is 0.339 e. The lowest BCUT2D eigenvalue weighted by Crippen LogP contribution is -2.37. The second-order valence-corrected chi connectivity index (χ2v) is 8.71. The van der Waals surface area contributed by atoms with E-state index < -0.39 is 24.5 Å². The first-order chi connectivity index (χ1) is 17.0. The predicted molar refractivity (Wildman–Crippen MR) is 128 cm³/mol. The fourth-order valence-corrected chi connectivity index (χ4v) is 4.45. The van der Waals surface area contributed by atoms with Crippen LogP contribution in [0.15, 0.2) is 42.5 Å². The molecule has 3 aromatic rings. The molecule has 180 valence electrons. The van der Waals surface area contributed by atoms with Gasteiger partial charge in [0.25, 0.3) is 5.91 Å². The maximum Gasteiger partial charge on any atom is 0.339 e. The lowest BCUT2D eigenvalue weighted by Gasteiger charge is -2.24. The van der Waals surface area contributed by atoms with E-state index in [-0.39, 0.29) is 0 Å². The van der Waals surface area contributed by atoms with Gasteiger partial charge in [-0.3, -0.25) is 15.1 Å². The molecule has 0 radical (unpaired) electrons. The van der Waals surface area contributed by atoms with Gasteiger partial charge in [0.1, 0.15) is 13.2 Å². The molecular weight excluding hydrogens is 450 g/mol. The molecule has 2 N–H and O–H groups in total. The van der Waals surface area contributed by atoms with Gasteiger partial charge in [0.2, 0.25) is 0 Å².